The predicted molar refractivity (Wildman–Crippen MR) is 98.8 cm³/mol. The number of para-hydroxylation sites is 1. The lowest BCUT2D eigenvalue weighted by molar-refractivity contribution is -0.136. The van der Waals surface area contributed by atoms with Crippen LogP contribution in [-0.4, -0.2) is 30.0 Å². The summed E-state index contributed by atoms with van der Waals surface area (Å²) in [6.45, 7) is 6.12. The van der Waals surface area contributed by atoms with E-state index in [1.807, 2.05) is 42.5 Å². The third kappa shape index (κ3) is 4.00. The number of hydrogen-bond acceptors (Lipinski definition) is 4. The number of carbonyl (C=O) groups is 1. The van der Waals surface area contributed by atoms with Crippen LogP contribution >= 0.6 is 0 Å². The minimum atomic E-state index is -0.234. The highest BCUT2D eigenvalue weighted by Crippen LogP contribution is 2.38. The van der Waals surface area contributed by atoms with Crippen molar-refractivity contribution in [3.63, 3.8) is 0 Å². The lowest BCUT2D eigenvalue weighted by Gasteiger charge is -2.48. The molecule has 1 amide bonds. The van der Waals surface area contributed by atoms with Gasteiger partial charge in [0.2, 0.25) is 0 Å². The summed E-state index contributed by atoms with van der Waals surface area (Å²) in [6.07, 6.45) is -0.115. The molecule has 0 aliphatic carbocycles. The fourth-order valence-electron chi connectivity index (χ4n) is 3.26. The number of rotatable bonds is 6. The average Bonchev–Trinajstić information content (AvgIpc) is 2.59. The van der Waals surface area contributed by atoms with Crippen LogP contribution in [0.25, 0.3) is 0 Å². The molecule has 0 spiro atoms. The number of nitrogens with two attached hydrogens (primary N) is 1. The van der Waals surface area contributed by atoms with Crippen LogP contribution in [0.4, 0.5) is 5.69 Å². The monoisotopic (exact) mass is 339 g/mol. The van der Waals surface area contributed by atoms with Crippen LogP contribution in [0.3, 0.4) is 0 Å². The number of hydroxylamine groups is 1. The normalized spacial score (nSPS) is 20.3. The Morgan fingerprint density at radius 1 is 1.20 bits per heavy atom. The summed E-state index contributed by atoms with van der Waals surface area (Å²) in [5, 5.41) is 0. The van der Waals surface area contributed by atoms with Crippen LogP contribution in [0, 0.1) is 5.92 Å². The van der Waals surface area contributed by atoms with Crippen molar-refractivity contribution in [1.29, 1.82) is 0 Å². The molecule has 2 aromatic rings. The van der Waals surface area contributed by atoms with Gasteiger partial charge in [0.25, 0.3) is 5.91 Å². The third-order valence-electron chi connectivity index (χ3n) is 4.41. The first kappa shape index (κ1) is 17.5. The zero-order valence-electron chi connectivity index (χ0n) is 14.7. The Bertz CT molecular complexity index is 718. The topological polar surface area (TPSA) is 67.6 Å². The number of likely N-dealkylation sites (tertiary alicyclic amines) is 1. The van der Waals surface area contributed by atoms with E-state index in [4.69, 9.17) is 10.6 Å². The Labute approximate surface area is 148 Å². The number of hydrogen-bond donors (Lipinski definition) is 2. The molecule has 2 atom stereocenters. The van der Waals surface area contributed by atoms with E-state index in [1.54, 1.807) is 12.1 Å². The number of nitrogens with one attached hydrogen (secondary N) is 1. The summed E-state index contributed by atoms with van der Waals surface area (Å²) in [6, 6.07) is 17.0. The van der Waals surface area contributed by atoms with E-state index in [0.717, 1.165) is 24.3 Å². The Kier molecular flexibility index (Phi) is 5.36. The summed E-state index contributed by atoms with van der Waals surface area (Å²) in [5.41, 5.74) is 11.1. The summed E-state index contributed by atoms with van der Waals surface area (Å²) >= 11 is 0. The molecule has 0 radical (unpaired) electrons. The quantitative estimate of drug-likeness (QED) is 0.627. The van der Waals surface area contributed by atoms with E-state index in [1.165, 1.54) is 0 Å². The van der Waals surface area contributed by atoms with Crippen LogP contribution < -0.4 is 11.2 Å². The minimum Gasteiger partial charge on any atom is -0.398 e. The number of anilines is 1. The molecule has 0 bridgehead atoms. The van der Waals surface area contributed by atoms with Gasteiger partial charge in [0.05, 0.1) is 6.04 Å². The van der Waals surface area contributed by atoms with Gasteiger partial charge in [0.1, 0.15) is 6.10 Å². The first-order chi connectivity index (χ1) is 12.1. The van der Waals surface area contributed by atoms with E-state index in [0.29, 0.717) is 11.5 Å². The fourth-order valence-corrected chi connectivity index (χ4v) is 3.26. The second-order valence-corrected chi connectivity index (χ2v) is 6.88. The predicted octanol–water partition coefficient (Wildman–Crippen LogP) is 3.01. The van der Waals surface area contributed by atoms with E-state index < -0.39 is 0 Å². The van der Waals surface area contributed by atoms with Gasteiger partial charge >= 0.3 is 0 Å². The van der Waals surface area contributed by atoms with Crippen molar-refractivity contribution in [2.75, 3.05) is 18.8 Å². The van der Waals surface area contributed by atoms with E-state index in [-0.39, 0.29) is 18.1 Å². The van der Waals surface area contributed by atoms with Gasteiger partial charge in [0.15, 0.2) is 0 Å². The Balaban J connectivity index is 1.68. The molecule has 1 heterocycles. The second kappa shape index (κ2) is 7.68. The van der Waals surface area contributed by atoms with E-state index in [2.05, 4.69) is 24.2 Å². The van der Waals surface area contributed by atoms with Gasteiger partial charge in [-0.1, -0.05) is 50.2 Å². The maximum atomic E-state index is 12.2. The van der Waals surface area contributed by atoms with Crippen molar-refractivity contribution in [2.45, 2.75) is 26.0 Å². The summed E-state index contributed by atoms with van der Waals surface area (Å²) in [5.74, 6) is 0.315. The molecule has 2 unspecified atom stereocenters. The summed E-state index contributed by atoms with van der Waals surface area (Å²) in [7, 11) is 0. The molecule has 3 rings (SSSR count). The smallest absolute Gasteiger partial charge is 0.274 e. The van der Waals surface area contributed by atoms with E-state index >= 15 is 0 Å². The standard InChI is InChI=1S/C20H25N3O2/c1-14(2)12-23-13-18(19(23)16-10-6-7-11-17(16)21)25-22-20(24)15-8-4-3-5-9-15/h3-11,14,18-19H,12-13,21H2,1-2H3,(H,22,24). The number of amides is 1. The highest BCUT2D eigenvalue weighted by molar-refractivity contribution is 5.93. The van der Waals surface area contributed by atoms with Gasteiger partial charge in [0, 0.05) is 24.3 Å². The average molecular weight is 339 g/mol. The lowest BCUT2D eigenvalue weighted by Crippen LogP contribution is -2.57. The highest BCUT2D eigenvalue weighted by Gasteiger charge is 2.42. The second-order valence-electron chi connectivity index (χ2n) is 6.88. The van der Waals surface area contributed by atoms with Gasteiger partial charge in [-0.3, -0.25) is 14.5 Å². The Morgan fingerprint density at radius 3 is 2.56 bits per heavy atom. The maximum absolute atomic E-state index is 12.2. The number of nitrogen functional groups attached to an aromatic ring is 1. The largest absolute Gasteiger partial charge is 0.398 e. The van der Waals surface area contributed by atoms with Gasteiger partial charge in [-0.25, -0.2) is 5.48 Å². The van der Waals surface area contributed by atoms with Crippen molar-refractivity contribution >= 4 is 11.6 Å². The lowest BCUT2D eigenvalue weighted by atomic mass is 9.89. The molecule has 5 heteroatoms. The molecule has 1 aliphatic heterocycles. The van der Waals surface area contributed by atoms with Crippen molar-refractivity contribution < 1.29 is 9.63 Å². The van der Waals surface area contributed by atoms with Gasteiger partial charge < -0.3 is 5.73 Å². The molecule has 1 saturated heterocycles. The molecule has 0 saturated carbocycles. The van der Waals surface area contributed by atoms with E-state index in [9.17, 15) is 4.79 Å². The minimum absolute atomic E-state index is 0.0553. The summed E-state index contributed by atoms with van der Waals surface area (Å²) < 4.78 is 0. The zero-order chi connectivity index (χ0) is 17.8. The number of nitrogens with zero attached hydrogens (tertiary/aromatic N) is 1. The molecule has 1 fully saturated rings. The summed E-state index contributed by atoms with van der Waals surface area (Å²) in [4.78, 5) is 20.3. The Morgan fingerprint density at radius 2 is 1.88 bits per heavy atom. The van der Waals surface area contributed by atoms with Crippen molar-refractivity contribution in [3.8, 4) is 0 Å². The zero-order valence-corrected chi connectivity index (χ0v) is 14.7. The molecule has 25 heavy (non-hydrogen) atoms. The molecular weight excluding hydrogens is 314 g/mol. The van der Waals surface area contributed by atoms with Crippen molar-refractivity contribution in [3.05, 3.63) is 65.7 Å². The van der Waals surface area contributed by atoms with Crippen molar-refractivity contribution in [2.24, 2.45) is 5.92 Å². The van der Waals surface area contributed by atoms with Gasteiger partial charge in [-0.15, -0.1) is 0 Å². The molecule has 132 valence electrons. The van der Waals surface area contributed by atoms with Crippen molar-refractivity contribution in [1.82, 2.24) is 10.4 Å². The molecule has 2 aromatic carbocycles. The van der Waals surface area contributed by atoms with Crippen LogP contribution in [0.2, 0.25) is 0 Å². The maximum Gasteiger partial charge on any atom is 0.274 e. The third-order valence-corrected chi connectivity index (χ3v) is 4.41. The highest BCUT2D eigenvalue weighted by atomic mass is 16.7. The van der Waals surface area contributed by atoms with Crippen LogP contribution in [0.15, 0.2) is 54.6 Å². The molecule has 1 aliphatic rings. The van der Waals surface area contributed by atoms with Gasteiger partial charge in [-0.2, -0.15) is 0 Å². The first-order valence-corrected chi connectivity index (χ1v) is 8.65. The molecular formula is C20H25N3O2. The van der Waals surface area contributed by atoms with Gasteiger partial charge in [-0.05, 0) is 29.7 Å². The molecule has 5 nitrogen and oxygen atoms in total. The Hall–Kier alpha value is -2.37. The van der Waals surface area contributed by atoms with Crippen LogP contribution in [0.1, 0.15) is 35.8 Å². The van der Waals surface area contributed by atoms with Crippen LogP contribution in [-0.2, 0) is 4.84 Å². The number of carbonyl (C=O) groups excluding carboxylic acids is 1. The SMILES string of the molecule is CC(C)CN1CC(ONC(=O)c2ccccc2)C1c1ccccc1N. The first-order valence-electron chi connectivity index (χ1n) is 8.65. The number of benzene rings is 2. The fraction of sp³-hybridized carbons (Fsp3) is 0.350. The molecule has 0 aromatic heterocycles. The van der Waals surface area contributed by atoms with Crippen LogP contribution in [0.5, 0.6) is 0 Å². The molecule has 3 N–H and O–H groups in total.